The average Bonchev–Trinajstić information content (AvgIpc) is 2.26. The molecular formula is C12H11NS. The zero-order valence-electron chi connectivity index (χ0n) is 7.86. The van der Waals surface area contributed by atoms with Gasteiger partial charge in [0.25, 0.3) is 0 Å². The van der Waals surface area contributed by atoms with Crippen molar-refractivity contribution < 1.29 is 0 Å². The molecule has 0 saturated heterocycles. The Bertz CT molecular complexity index is 401. The van der Waals surface area contributed by atoms with E-state index in [1.165, 1.54) is 16.0 Å². The van der Waals surface area contributed by atoms with E-state index in [1.54, 1.807) is 0 Å². The van der Waals surface area contributed by atoms with Gasteiger partial charge in [0.05, 0.1) is 12.5 Å². The van der Waals surface area contributed by atoms with Crippen LogP contribution in [0.5, 0.6) is 0 Å². The second-order valence-corrected chi connectivity index (χ2v) is 4.32. The van der Waals surface area contributed by atoms with Gasteiger partial charge in [0.2, 0.25) is 0 Å². The van der Waals surface area contributed by atoms with Crippen molar-refractivity contribution in [3.8, 4) is 6.07 Å². The normalized spacial score (nSPS) is 17.5. The summed E-state index contributed by atoms with van der Waals surface area (Å²) in [5, 5.41) is 8.54. The van der Waals surface area contributed by atoms with Gasteiger partial charge < -0.3 is 0 Å². The lowest BCUT2D eigenvalue weighted by molar-refractivity contribution is 1.14. The molecule has 14 heavy (non-hydrogen) atoms. The molecule has 1 aromatic carbocycles. The first-order valence-corrected chi connectivity index (χ1v) is 5.68. The van der Waals surface area contributed by atoms with Crippen LogP contribution < -0.4 is 0 Å². The SMILES string of the molecule is N#CC/C=C1\SCCc2ccccc21. The molecule has 0 fully saturated rings. The first-order valence-electron chi connectivity index (χ1n) is 4.70. The lowest BCUT2D eigenvalue weighted by Gasteiger charge is -2.17. The predicted octanol–water partition coefficient (Wildman–Crippen LogP) is 3.23. The third-order valence-corrected chi connectivity index (χ3v) is 3.40. The minimum absolute atomic E-state index is 0.511. The maximum atomic E-state index is 8.54. The third-order valence-electron chi connectivity index (χ3n) is 2.29. The van der Waals surface area contributed by atoms with E-state index >= 15 is 0 Å². The van der Waals surface area contributed by atoms with Crippen LogP contribution in [0.1, 0.15) is 17.5 Å². The molecule has 0 aromatic heterocycles. The van der Waals surface area contributed by atoms with Crippen LogP contribution in [0.25, 0.3) is 4.91 Å². The second-order valence-electron chi connectivity index (χ2n) is 3.19. The summed E-state index contributed by atoms with van der Waals surface area (Å²) < 4.78 is 0. The molecule has 1 aliphatic rings. The molecule has 0 atom stereocenters. The Kier molecular flexibility index (Phi) is 2.90. The summed E-state index contributed by atoms with van der Waals surface area (Å²) in [5.74, 6) is 1.13. The summed E-state index contributed by atoms with van der Waals surface area (Å²) >= 11 is 1.86. The molecule has 0 radical (unpaired) electrons. The number of rotatable bonds is 1. The number of hydrogen-bond donors (Lipinski definition) is 0. The van der Waals surface area contributed by atoms with Gasteiger partial charge in [-0.25, -0.2) is 0 Å². The number of nitriles is 1. The molecule has 0 saturated carbocycles. The standard InChI is InChI=1S/C12H11NS/c13-8-3-6-12-11-5-2-1-4-10(11)7-9-14-12/h1-2,4-6H,3,7,9H2/b12-6-. The van der Waals surface area contributed by atoms with Crippen LogP contribution in [-0.2, 0) is 6.42 Å². The molecule has 0 spiro atoms. The van der Waals surface area contributed by atoms with E-state index in [9.17, 15) is 0 Å². The van der Waals surface area contributed by atoms with Gasteiger partial charge in [0, 0.05) is 10.7 Å². The lowest BCUT2D eigenvalue weighted by atomic mass is 10.0. The molecule has 0 N–H and O–H groups in total. The molecule has 2 rings (SSSR count). The summed E-state index contributed by atoms with van der Waals surface area (Å²) in [6.45, 7) is 0. The van der Waals surface area contributed by atoms with Crippen molar-refractivity contribution in [1.82, 2.24) is 0 Å². The quantitative estimate of drug-likeness (QED) is 0.696. The topological polar surface area (TPSA) is 23.8 Å². The van der Waals surface area contributed by atoms with Crippen molar-refractivity contribution in [3.05, 3.63) is 41.5 Å². The van der Waals surface area contributed by atoms with Crippen molar-refractivity contribution in [3.63, 3.8) is 0 Å². The van der Waals surface area contributed by atoms with Crippen molar-refractivity contribution in [2.75, 3.05) is 5.75 Å². The maximum absolute atomic E-state index is 8.54. The van der Waals surface area contributed by atoms with Crippen LogP contribution in [0.4, 0.5) is 0 Å². The number of hydrogen-bond acceptors (Lipinski definition) is 2. The second kappa shape index (κ2) is 4.34. The lowest BCUT2D eigenvalue weighted by Crippen LogP contribution is -2.00. The molecule has 1 aliphatic heterocycles. The van der Waals surface area contributed by atoms with Crippen LogP contribution >= 0.6 is 11.8 Å². The van der Waals surface area contributed by atoms with E-state index in [0.29, 0.717) is 6.42 Å². The molecule has 0 aliphatic carbocycles. The fourth-order valence-electron chi connectivity index (χ4n) is 1.63. The molecule has 0 amide bonds. The van der Waals surface area contributed by atoms with Crippen molar-refractivity contribution in [2.45, 2.75) is 12.8 Å². The van der Waals surface area contributed by atoms with Gasteiger partial charge in [-0.15, -0.1) is 11.8 Å². The Morgan fingerprint density at radius 1 is 1.43 bits per heavy atom. The molecule has 0 bridgehead atoms. The van der Waals surface area contributed by atoms with Gasteiger partial charge in [-0.1, -0.05) is 30.3 Å². The Morgan fingerprint density at radius 2 is 2.29 bits per heavy atom. The van der Waals surface area contributed by atoms with E-state index < -0.39 is 0 Å². The number of aryl methyl sites for hydroxylation is 1. The molecular weight excluding hydrogens is 190 g/mol. The smallest absolute Gasteiger partial charge is 0.0663 e. The maximum Gasteiger partial charge on any atom is 0.0663 e. The Labute approximate surface area is 88.4 Å². The van der Waals surface area contributed by atoms with Gasteiger partial charge >= 0.3 is 0 Å². The summed E-state index contributed by atoms with van der Waals surface area (Å²) in [6, 6.07) is 10.6. The molecule has 0 unspecified atom stereocenters. The number of nitrogens with zero attached hydrogens (tertiary/aromatic N) is 1. The zero-order chi connectivity index (χ0) is 9.80. The van der Waals surface area contributed by atoms with Gasteiger partial charge in [0.1, 0.15) is 0 Å². The Balaban J connectivity index is 2.36. The van der Waals surface area contributed by atoms with E-state index in [4.69, 9.17) is 5.26 Å². The summed E-state index contributed by atoms with van der Waals surface area (Å²) in [4.78, 5) is 1.27. The first kappa shape index (κ1) is 9.36. The van der Waals surface area contributed by atoms with Gasteiger partial charge in [-0.05, 0) is 17.5 Å². The molecule has 1 heterocycles. The summed E-state index contributed by atoms with van der Waals surface area (Å²) in [7, 11) is 0. The van der Waals surface area contributed by atoms with Crippen molar-refractivity contribution in [1.29, 1.82) is 5.26 Å². The largest absolute Gasteiger partial charge is 0.198 e. The fourth-order valence-corrected chi connectivity index (χ4v) is 2.73. The number of fused-ring (bicyclic) bond motifs is 1. The molecule has 1 aromatic rings. The third kappa shape index (κ3) is 1.83. The minimum atomic E-state index is 0.511. The van der Waals surface area contributed by atoms with E-state index in [0.717, 1.165) is 12.2 Å². The van der Waals surface area contributed by atoms with Gasteiger partial charge in [-0.2, -0.15) is 5.26 Å². The number of allylic oxidation sites excluding steroid dienone is 1. The predicted molar refractivity (Wildman–Crippen MR) is 60.8 cm³/mol. The molecule has 2 heteroatoms. The minimum Gasteiger partial charge on any atom is -0.198 e. The van der Waals surface area contributed by atoms with Gasteiger partial charge in [-0.3, -0.25) is 0 Å². The Morgan fingerprint density at radius 3 is 3.14 bits per heavy atom. The van der Waals surface area contributed by atoms with E-state index in [1.807, 2.05) is 17.8 Å². The van der Waals surface area contributed by atoms with E-state index in [-0.39, 0.29) is 0 Å². The van der Waals surface area contributed by atoms with Crippen LogP contribution in [0.3, 0.4) is 0 Å². The van der Waals surface area contributed by atoms with Gasteiger partial charge in [0.15, 0.2) is 0 Å². The highest BCUT2D eigenvalue weighted by Crippen LogP contribution is 2.35. The van der Waals surface area contributed by atoms with Crippen LogP contribution in [-0.4, -0.2) is 5.75 Å². The first-order chi connectivity index (χ1) is 6.92. The highest BCUT2D eigenvalue weighted by molar-refractivity contribution is 8.08. The monoisotopic (exact) mass is 201 g/mol. The molecule has 1 nitrogen and oxygen atoms in total. The van der Waals surface area contributed by atoms with Crippen LogP contribution in [0.15, 0.2) is 30.3 Å². The van der Waals surface area contributed by atoms with E-state index in [2.05, 4.69) is 30.3 Å². The van der Waals surface area contributed by atoms with Crippen molar-refractivity contribution >= 4 is 16.7 Å². The van der Waals surface area contributed by atoms with Crippen molar-refractivity contribution in [2.24, 2.45) is 0 Å². The Hall–Kier alpha value is -1.20. The molecule has 70 valence electrons. The van der Waals surface area contributed by atoms with Crippen LogP contribution in [0.2, 0.25) is 0 Å². The average molecular weight is 201 g/mol. The summed E-state index contributed by atoms with van der Waals surface area (Å²) in [5.41, 5.74) is 2.73. The number of benzene rings is 1. The zero-order valence-corrected chi connectivity index (χ0v) is 8.68. The fraction of sp³-hybridized carbons (Fsp3) is 0.250. The number of thioether (sulfide) groups is 1. The summed E-state index contributed by atoms with van der Waals surface area (Å²) in [6.07, 6.45) is 3.68. The highest BCUT2D eigenvalue weighted by Gasteiger charge is 2.12. The van der Waals surface area contributed by atoms with Crippen LogP contribution in [0, 0.1) is 11.3 Å². The highest BCUT2D eigenvalue weighted by atomic mass is 32.2.